The van der Waals surface area contributed by atoms with E-state index >= 15 is 0 Å². The molecule has 0 bridgehead atoms. The summed E-state index contributed by atoms with van der Waals surface area (Å²) in [6, 6.07) is 12.3. The number of rotatable bonds is 11. The summed E-state index contributed by atoms with van der Waals surface area (Å²) in [5, 5.41) is 31.9. The number of hydrogen-bond donors (Lipinski definition) is 4. The third-order valence-electron chi connectivity index (χ3n) is 11.2. The maximum absolute atomic E-state index is 13.7. The zero-order chi connectivity index (χ0) is 37.8. The molecule has 0 saturated carbocycles. The predicted molar refractivity (Wildman–Crippen MR) is 213 cm³/mol. The number of ether oxygens (including phenoxy) is 1. The highest BCUT2D eigenvalue weighted by atomic mass is 16.5. The van der Waals surface area contributed by atoms with Gasteiger partial charge in [-0.05, 0) is 95.1 Å². The first-order valence-corrected chi connectivity index (χ1v) is 19.8. The molecule has 3 aliphatic rings. The number of carbonyl (C=O) groups excluding carboxylic acids is 1. The van der Waals surface area contributed by atoms with Gasteiger partial charge in [0.2, 0.25) is 5.95 Å². The molecular formula is C41H57N11O2. The van der Waals surface area contributed by atoms with Gasteiger partial charge in [-0.15, -0.1) is 10.2 Å². The van der Waals surface area contributed by atoms with Crippen molar-refractivity contribution in [3.05, 3.63) is 78.0 Å². The molecule has 3 aromatic heterocycles. The van der Waals surface area contributed by atoms with Crippen molar-refractivity contribution in [3.8, 4) is 5.75 Å². The Labute approximate surface area is 319 Å². The second-order valence-corrected chi connectivity index (χ2v) is 16.3. The van der Waals surface area contributed by atoms with Crippen LogP contribution in [0.2, 0.25) is 0 Å². The van der Waals surface area contributed by atoms with E-state index in [4.69, 9.17) is 10.1 Å². The Morgan fingerprint density at radius 1 is 0.926 bits per heavy atom. The molecule has 4 N–H and O–H groups in total. The van der Waals surface area contributed by atoms with Gasteiger partial charge in [-0.2, -0.15) is 5.10 Å². The molecule has 2 unspecified atom stereocenters. The van der Waals surface area contributed by atoms with Crippen LogP contribution in [0.1, 0.15) is 109 Å². The van der Waals surface area contributed by atoms with Crippen LogP contribution in [0.25, 0.3) is 5.65 Å². The van der Waals surface area contributed by atoms with Gasteiger partial charge in [-0.25, -0.2) is 4.79 Å². The third kappa shape index (κ3) is 8.72. The summed E-state index contributed by atoms with van der Waals surface area (Å²) in [4.78, 5) is 18.5. The number of pyridine rings is 1. The van der Waals surface area contributed by atoms with Crippen LogP contribution in [0.5, 0.6) is 5.75 Å². The second-order valence-electron chi connectivity index (χ2n) is 16.3. The highest BCUT2D eigenvalue weighted by Gasteiger charge is 2.31. The van der Waals surface area contributed by atoms with E-state index in [-0.39, 0.29) is 18.2 Å². The molecule has 2 saturated heterocycles. The number of allylic oxidation sites excluding steroid dienone is 1. The standard InChI is InChI=1S/C41H57N11O2/c1-28-12-11-13-29(2)52(28)40-48-47-38-19-16-31(27-51(38)40)54-35-18-17-34(32-14-7-8-15-33(32)35)45-39(53)46-37(24-36(42)41(3,4)5)44-30-25-43-50(26-30)23-22-49-20-9-6-10-21-49/h7-8,14-16,19,24-29,34-35,42,44H,6,9-13,17-18,20-23H2,1-5H3,(H2,45,46,53)/b37-24+,42-36?/t28-,29?,34?,35+/m0/s1. The van der Waals surface area contributed by atoms with Gasteiger partial charge in [-0.3, -0.25) is 14.4 Å². The minimum Gasteiger partial charge on any atom is -0.484 e. The molecule has 5 heterocycles. The molecule has 2 aliphatic heterocycles. The van der Waals surface area contributed by atoms with E-state index in [2.05, 4.69) is 71.4 Å². The van der Waals surface area contributed by atoms with Gasteiger partial charge < -0.3 is 30.6 Å². The van der Waals surface area contributed by atoms with E-state index in [9.17, 15) is 4.79 Å². The maximum atomic E-state index is 13.7. The Morgan fingerprint density at radius 3 is 2.44 bits per heavy atom. The molecule has 0 radical (unpaired) electrons. The number of piperidine rings is 2. The number of nitrogens with one attached hydrogen (secondary N) is 4. The van der Waals surface area contributed by atoms with Gasteiger partial charge in [0, 0.05) is 42.0 Å². The number of fused-ring (bicyclic) bond motifs is 2. The van der Waals surface area contributed by atoms with Crippen LogP contribution in [0.15, 0.2) is 66.9 Å². The smallest absolute Gasteiger partial charge is 0.320 e. The fourth-order valence-corrected chi connectivity index (χ4v) is 8.02. The largest absolute Gasteiger partial charge is 0.484 e. The molecule has 4 aromatic rings. The van der Waals surface area contributed by atoms with Crippen LogP contribution >= 0.6 is 0 Å². The summed E-state index contributed by atoms with van der Waals surface area (Å²) in [7, 11) is 0. The Morgan fingerprint density at radius 2 is 1.69 bits per heavy atom. The number of nitrogens with zero attached hydrogens (tertiary/aromatic N) is 7. The van der Waals surface area contributed by atoms with Gasteiger partial charge in [-0.1, -0.05) is 51.5 Å². The summed E-state index contributed by atoms with van der Waals surface area (Å²) in [6.45, 7) is 14.5. The summed E-state index contributed by atoms with van der Waals surface area (Å²) in [5.74, 6) is 2.03. The lowest BCUT2D eigenvalue weighted by atomic mass is 9.85. The van der Waals surface area contributed by atoms with Crippen LogP contribution in [-0.2, 0) is 6.54 Å². The number of likely N-dealkylation sites (tertiary alicyclic amines) is 1. The number of aromatic nitrogens is 5. The fraction of sp³-hybridized carbons (Fsp3) is 0.537. The molecule has 13 heteroatoms. The number of carbonyl (C=O) groups is 1. The number of anilines is 2. The first kappa shape index (κ1) is 37.4. The average molecular weight is 736 g/mol. The van der Waals surface area contributed by atoms with Crippen LogP contribution < -0.4 is 25.6 Å². The lowest BCUT2D eigenvalue weighted by Gasteiger charge is -2.39. The van der Waals surface area contributed by atoms with Gasteiger partial charge in [0.15, 0.2) is 5.65 Å². The monoisotopic (exact) mass is 735 g/mol. The minimum atomic E-state index is -0.397. The molecule has 0 spiro atoms. The van der Waals surface area contributed by atoms with Gasteiger partial charge in [0.05, 0.1) is 30.7 Å². The Kier molecular flexibility index (Phi) is 11.2. The number of hydrogen-bond acceptors (Lipinski definition) is 9. The predicted octanol–water partition coefficient (Wildman–Crippen LogP) is 7.45. The number of urea groups is 1. The van der Waals surface area contributed by atoms with Gasteiger partial charge >= 0.3 is 6.03 Å². The first-order valence-electron chi connectivity index (χ1n) is 19.8. The highest BCUT2D eigenvalue weighted by molar-refractivity contribution is 5.97. The number of benzene rings is 1. The highest BCUT2D eigenvalue weighted by Crippen LogP contribution is 2.39. The lowest BCUT2D eigenvalue weighted by molar-refractivity contribution is 0.171. The second kappa shape index (κ2) is 16.2. The van der Waals surface area contributed by atoms with Crippen LogP contribution in [0, 0.1) is 10.8 Å². The summed E-state index contributed by atoms with van der Waals surface area (Å²) in [6.07, 6.45) is 16.0. The summed E-state index contributed by atoms with van der Waals surface area (Å²) >= 11 is 0. The van der Waals surface area contributed by atoms with Crippen molar-refractivity contribution < 1.29 is 9.53 Å². The van der Waals surface area contributed by atoms with Crippen molar-refractivity contribution in [1.82, 2.24) is 39.9 Å². The van der Waals surface area contributed by atoms with Crippen molar-refractivity contribution in [1.29, 1.82) is 5.41 Å². The summed E-state index contributed by atoms with van der Waals surface area (Å²) < 4.78 is 10.7. The Balaban J connectivity index is 1.02. The molecule has 288 valence electrons. The van der Waals surface area contributed by atoms with Crippen molar-refractivity contribution in [2.45, 2.75) is 117 Å². The van der Waals surface area contributed by atoms with Crippen LogP contribution in [0.4, 0.5) is 16.4 Å². The van der Waals surface area contributed by atoms with Crippen LogP contribution in [-0.4, -0.2) is 72.7 Å². The van der Waals surface area contributed by atoms with E-state index in [1.165, 1.54) is 25.7 Å². The molecule has 13 nitrogen and oxygen atoms in total. The van der Waals surface area contributed by atoms with Gasteiger partial charge in [0.1, 0.15) is 17.7 Å². The van der Waals surface area contributed by atoms with Crippen molar-refractivity contribution in [2.24, 2.45) is 5.41 Å². The van der Waals surface area contributed by atoms with E-state index < -0.39 is 5.41 Å². The van der Waals surface area contributed by atoms with E-state index in [0.717, 1.165) is 79.6 Å². The molecular weight excluding hydrogens is 679 g/mol. The van der Waals surface area contributed by atoms with E-state index in [1.54, 1.807) is 12.3 Å². The number of amides is 2. The van der Waals surface area contributed by atoms with E-state index in [1.807, 2.05) is 62.1 Å². The minimum absolute atomic E-state index is 0.177. The third-order valence-corrected chi connectivity index (χ3v) is 11.2. The molecule has 7 rings (SSSR count). The SMILES string of the molecule is CC1CCC[C@H](C)N1c1nnc2ccc(O[C@@H]3CCC(NC(=O)N/C(=C/C(=N)C(C)(C)C)Nc4cnn(CCN5CCCCC5)c4)c4ccccc43)cn12. The first-order chi connectivity index (χ1) is 26.0. The quantitative estimate of drug-likeness (QED) is 0.117. The zero-order valence-corrected chi connectivity index (χ0v) is 32.5. The molecule has 1 aromatic carbocycles. The Hall–Kier alpha value is -4.91. The van der Waals surface area contributed by atoms with Crippen molar-refractivity contribution >= 4 is 29.0 Å². The normalized spacial score (nSPS) is 22.5. The van der Waals surface area contributed by atoms with E-state index in [0.29, 0.717) is 30.0 Å². The van der Waals surface area contributed by atoms with Crippen molar-refractivity contribution in [2.75, 3.05) is 29.9 Å². The molecule has 2 amide bonds. The van der Waals surface area contributed by atoms with Crippen molar-refractivity contribution in [3.63, 3.8) is 0 Å². The van der Waals surface area contributed by atoms with Gasteiger partial charge in [0.25, 0.3) is 0 Å². The van der Waals surface area contributed by atoms with Crippen LogP contribution in [0.3, 0.4) is 0 Å². The lowest BCUT2D eigenvalue weighted by Crippen LogP contribution is -2.44. The molecule has 4 atom stereocenters. The summed E-state index contributed by atoms with van der Waals surface area (Å²) in [5.41, 5.74) is 3.62. The average Bonchev–Trinajstić information content (AvgIpc) is 3.78. The maximum Gasteiger partial charge on any atom is 0.320 e. The molecule has 1 aliphatic carbocycles. The zero-order valence-electron chi connectivity index (χ0n) is 32.5. The fourth-order valence-electron chi connectivity index (χ4n) is 8.02. The Bertz CT molecular complexity index is 1940. The topological polar surface area (TPSA) is 141 Å². The molecule has 54 heavy (non-hydrogen) atoms. The molecule has 2 fully saturated rings.